The number of H-pyrrole nitrogens is 1. The third kappa shape index (κ3) is 10.6. The van der Waals surface area contributed by atoms with Crippen molar-refractivity contribution in [2.24, 2.45) is 0 Å². The number of amides is 1. The number of carboxylic acid groups (broad SMARTS) is 1. The summed E-state index contributed by atoms with van der Waals surface area (Å²) in [5, 5.41) is 12.2. The number of imidazole rings is 1. The van der Waals surface area contributed by atoms with E-state index in [4.69, 9.17) is 21.1 Å². The minimum absolute atomic E-state index is 0.0406. The summed E-state index contributed by atoms with van der Waals surface area (Å²) in [5.74, 6) is -2.72. The highest BCUT2D eigenvalue weighted by Gasteiger charge is 2.47. The van der Waals surface area contributed by atoms with Gasteiger partial charge in [0.1, 0.15) is 5.75 Å². The van der Waals surface area contributed by atoms with Crippen molar-refractivity contribution in [2.45, 2.75) is 80.5 Å². The van der Waals surface area contributed by atoms with E-state index < -0.39 is 27.8 Å². The summed E-state index contributed by atoms with van der Waals surface area (Å²) in [6.07, 6.45) is 11.7. The molecule has 0 fully saturated rings. The molecular weight excluding hydrogens is 666 g/mol. The molecule has 0 spiro atoms. The van der Waals surface area contributed by atoms with Gasteiger partial charge >= 0.3 is 11.9 Å². The summed E-state index contributed by atoms with van der Waals surface area (Å²) < 4.78 is 8.41. The molecule has 10 nitrogen and oxygen atoms in total. The number of benzene rings is 3. The van der Waals surface area contributed by atoms with Gasteiger partial charge in [-0.25, -0.2) is 14.6 Å². The molecule has 1 amide bonds. The minimum Gasteiger partial charge on any atom is -0.497 e. The van der Waals surface area contributed by atoms with Crippen LogP contribution in [0.25, 0.3) is 11.0 Å². The number of Topliss-reactive ketones (excluding diaryl/α,β-unsaturated/α-hetero) is 1. The summed E-state index contributed by atoms with van der Waals surface area (Å²) in [4.78, 5) is 59.3. The Hall–Kier alpha value is -4.35. The molecule has 0 radical (unpaired) electrons. The zero-order valence-electron chi connectivity index (χ0n) is 27.8. The lowest BCUT2D eigenvalue weighted by atomic mass is 10.1. The molecule has 260 valence electrons. The molecule has 0 saturated carbocycles. The summed E-state index contributed by atoms with van der Waals surface area (Å²) in [6, 6.07) is 16.7. The minimum atomic E-state index is -2.26. The Morgan fingerprint density at radius 1 is 0.857 bits per heavy atom. The molecule has 12 heteroatoms. The quantitative estimate of drug-likeness (QED) is 0.0204. The molecular formula is C37H42ClN3O7S. The molecule has 1 atom stereocenters. The fourth-order valence-corrected chi connectivity index (χ4v) is 6.50. The van der Waals surface area contributed by atoms with Crippen LogP contribution in [0.5, 0.6) is 5.75 Å². The van der Waals surface area contributed by atoms with Crippen molar-refractivity contribution in [3.05, 3.63) is 83.4 Å². The number of ketones is 1. The maximum absolute atomic E-state index is 13.9. The van der Waals surface area contributed by atoms with E-state index >= 15 is 0 Å². The number of nitrogens with one attached hydrogen (secondary N) is 2. The number of aromatic amines is 1. The number of rotatable bonds is 20. The lowest BCUT2D eigenvalue weighted by Crippen LogP contribution is -2.42. The first-order valence-corrected chi connectivity index (χ1v) is 17.7. The molecule has 0 bridgehead atoms. The number of alkyl halides is 1. The van der Waals surface area contributed by atoms with Gasteiger partial charge in [0, 0.05) is 11.3 Å². The van der Waals surface area contributed by atoms with Gasteiger partial charge in [0.15, 0.2) is 5.16 Å². The SMILES string of the molecule is CCCCCCCCCCCCOC(=O)c1cccc(NC(=O)C(Cl)(Sc2nc3ccc(C(=O)O)cc3[nH]2)C(=O)c2ccc(OC)cc2)c1. The van der Waals surface area contributed by atoms with E-state index in [2.05, 4.69) is 22.2 Å². The number of aromatic carboxylic acids is 1. The van der Waals surface area contributed by atoms with Gasteiger partial charge in [0.05, 0.1) is 35.9 Å². The van der Waals surface area contributed by atoms with Gasteiger partial charge in [0.2, 0.25) is 9.99 Å². The molecule has 0 aliphatic rings. The van der Waals surface area contributed by atoms with Crippen LogP contribution in [-0.2, 0) is 9.53 Å². The number of nitrogens with zero attached hydrogens (tertiary/aromatic N) is 1. The normalized spacial score (nSPS) is 12.3. The fourth-order valence-electron chi connectivity index (χ4n) is 5.20. The Kier molecular flexibility index (Phi) is 14.1. The third-order valence-electron chi connectivity index (χ3n) is 7.97. The highest BCUT2D eigenvalue weighted by molar-refractivity contribution is 8.03. The number of carboxylic acids is 1. The van der Waals surface area contributed by atoms with E-state index in [9.17, 15) is 24.3 Å². The van der Waals surface area contributed by atoms with Gasteiger partial charge in [-0.3, -0.25) is 9.59 Å². The standard InChI is InChI=1S/C37H42ClN3O7S/c1-3-4-5-6-7-8-9-10-11-12-22-48-34(45)27-14-13-15-28(23-27)39-35(46)37(38,32(42)25-16-19-29(47-2)20-17-25)49-36-40-30-21-18-26(33(43)44)24-31(30)41-36/h13-21,23-24H,3-12,22H2,1-2H3,(H,39,46)(H,40,41)(H,43,44). The second-order valence-electron chi connectivity index (χ2n) is 11.7. The molecule has 1 heterocycles. The van der Waals surface area contributed by atoms with Crippen molar-refractivity contribution in [1.82, 2.24) is 9.97 Å². The zero-order chi connectivity index (χ0) is 35.2. The number of thioether (sulfide) groups is 1. The van der Waals surface area contributed by atoms with Gasteiger partial charge < -0.3 is 24.9 Å². The molecule has 4 rings (SSSR count). The van der Waals surface area contributed by atoms with Gasteiger partial charge in [-0.15, -0.1) is 0 Å². The van der Waals surface area contributed by atoms with Crippen molar-refractivity contribution in [3.8, 4) is 5.75 Å². The second kappa shape index (κ2) is 18.4. The van der Waals surface area contributed by atoms with Crippen molar-refractivity contribution in [3.63, 3.8) is 0 Å². The molecule has 0 aliphatic heterocycles. The molecule has 0 aliphatic carbocycles. The number of ether oxygens (including phenoxy) is 2. The molecule has 1 aromatic heterocycles. The second-order valence-corrected chi connectivity index (χ2v) is 13.7. The summed E-state index contributed by atoms with van der Waals surface area (Å²) in [6.45, 7) is 2.52. The topological polar surface area (TPSA) is 148 Å². The molecule has 3 aromatic carbocycles. The number of halogens is 1. The Morgan fingerprint density at radius 2 is 1.51 bits per heavy atom. The van der Waals surface area contributed by atoms with E-state index in [0.29, 0.717) is 35.2 Å². The molecule has 4 aromatic rings. The smallest absolute Gasteiger partial charge is 0.338 e. The molecule has 1 unspecified atom stereocenters. The average molecular weight is 708 g/mol. The van der Waals surface area contributed by atoms with Crippen molar-refractivity contribution < 1.29 is 33.8 Å². The molecule has 0 saturated heterocycles. The number of methoxy groups -OCH3 is 1. The maximum Gasteiger partial charge on any atom is 0.338 e. The van der Waals surface area contributed by atoms with Crippen LogP contribution < -0.4 is 10.1 Å². The lowest BCUT2D eigenvalue weighted by molar-refractivity contribution is -0.115. The van der Waals surface area contributed by atoms with Crippen LogP contribution in [-0.4, -0.2) is 56.6 Å². The number of hydrogen-bond donors (Lipinski definition) is 3. The number of anilines is 1. The van der Waals surface area contributed by atoms with Crippen molar-refractivity contribution in [1.29, 1.82) is 0 Å². The van der Waals surface area contributed by atoms with Crippen LogP contribution in [0.4, 0.5) is 5.69 Å². The van der Waals surface area contributed by atoms with Crippen molar-refractivity contribution in [2.75, 3.05) is 19.0 Å². The van der Waals surface area contributed by atoms with Crippen LogP contribution in [0.15, 0.2) is 71.9 Å². The van der Waals surface area contributed by atoms with E-state index in [0.717, 1.165) is 19.3 Å². The van der Waals surface area contributed by atoms with Gasteiger partial charge in [-0.05, 0) is 78.8 Å². The zero-order valence-corrected chi connectivity index (χ0v) is 29.3. The molecule has 3 N–H and O–H groups in total. The summed E-state index contributed by atoms with van der Waals surface area (Å²) in [5.41, 5.74) is 1.48. The third-order valence-corrected chi connectivity index (χ3v) is 9.58. The Labute approximate surface area is 295 Å². The van der Waals surface area contributed by atoms with E-state index in [1.165, 1.54) is 88.5 Å². The highest BCUT2D eigenvalue weighted by atomic mass is 35.5. The summed E-state index contributed by atoms with van der Waals surface area (Å²) in [7, 11) is 1.49. The van der Waals surface area contributed by atoms with Crippen LogP contribution >= 0.6 is 23.4 Å². The summed E-state index contributed by atoms with van der Waals surface area (Å²) >= 11 is 7.60. The van der Waals surface area contributed by atoms with E-state index in [-0.39, 0.29) is 27.5 Å². The first-order valence-electron chi connectivity index (χ1n) is 16.5. The largest absolute Gasteiger partial charge is 0.497 e. The fraction of sp³-hybridized carbons (Fsp3) is 0.378. The average Bonchev–Trinajstić information content (AvgIpc) is 3.51. The number of carbonyl (C=O) groups excluding carboxylic acids is 3. The van der Waals surface area contributed by atoms with Crippen LogP contribution in [0.1, 0.15) is 102 Å². The number of carbonyl (C=O) groups is 4. The van der Waals surface area contributed by atoms with Gasteiger partial charge in [-0.1, -0.05) is 82.4 Å². The highest BCUT2D eigenvalue weighted by Crippen LogP contribution is 2.40. The Balaban J connectivity index is 1.42. The van der Waals surface area contributed by atoms with E-state index in [1.54, 1.807) is 30.3 Å². The number of esters is 1. The number of hydrogen-bond acceptors (Lipinski definition) is 8. The van der Waals surface area contributed by atoms with E-state index in [1.807, 2.05) is 0 Å². The maximum atomic E-state index is 13.9. The van der Waals surface area contributed by atoms with Crippen molar-refractivity contribution >= 4 is 63.7 Å². The number of aromatic nitrogens is 2. The van der Waals surface area contributed by atoms with Gasteiger partial charge in [0.25, 0.3) is 5.91 Å². The van der Waals surface area contributed by atoms with Crippen LogP contribution in [0.3, 0.4) is 0 Å². The first-order chi connectivity index (χ1) is 23.6. The Morgan fingerprint density at radius 3 is 2.16 bits per heavy atom. The number of unbranched alkanes of at least 4 members (excludes halogenated alkanes) is 9. The lowest BCUT2D eigenvalue weighted by Gasteiger charge is -2.23. The predicted octanol–water partition coefficient (Wildman–Crippen LogP) is 8.90. The first kappa shape index (κ1) is 37.5. The number of fused-ring (bicyclic) bond motifs is 1. The Bertz CT molecular complexity index is 1740. The van der Waals surface area contributed by atoms with Crippen LogP contribution in [0.2, 0.25) is 0 Å². The van der Waals surface area contributed by atoms with Crippen LogP contribution in [0, 0.1) is 0 Å². The predicted molar refractivity (Wildman–Crippen MR) is 192 cm³/mol. The molecule has 49 heavy (non-hydrogen) atoms. The van der Waals surface area contributed by atoms with Gasteiger partial charge in [-0.2, -0.15) is 0 Å². The monoisotopic (exact) mass is 707 g/mol.